The molecule has 0 unspecified atom stereocenters. The van der Waals surface area contributed by atoms with Crippen LogP contribution in [0.25, 0.3) is 0 Å². The minimum absolute atomic E-state index is 0.102. The minimum Gasteiger partial charge on any atom is -0.463 e. The van der Waals surface area contributed by atoms with Crippen LogP contribution in [0.3, 0.4) is 0 Å². The third-order valence-electron chi connectivity index (χ3n) is 5.92. The molecule has 0 bridgehead atoms. The van der Waals surface area contributed by atoms with Gasteiger partial charge in [-0.2, -0.15) is 0 Å². The predicted octanol–water partition coefficient (Wildman–Crippen LogP) is 6.12. The molecule has 2 aromatic carbocycles. The van der Waals surface area contributed by atoms with Gasteiger partial charge in [-0.05, 0) is 41.5 Å². The zero-order valence-corrected chi connectivity index (χ0v) is 20.0. The number of hydrogen-bond donors (Lipinski definition) is 0. The maximum absolute atomic E-state index is 11.2. The number of carbonyl (C=O) groups is 2. The number of benzene rings is 2. The minimum atomic E-state index is -0.386. The normalized spacial score (nSPS) is 11.0. The molecule has 0 radical (unpaired) electrons. The Hall–Kier alpha value is -3.14. The first kappa shape index (κ1) is 26.1. The first-order valence-corrected chi connectivity index (χ1v) is 11.6. The lowest BCUT2D eigenvalue weighted by atomic mass is 9.77. The molecule has 0 aliphatic heterocycles. The molecular weight excluding hydrogens is 412 g/mol. The Balaban J connectivity index is 1.81. The van der Waals surface area contributed by atoms with Crippen LogP contribution in [0.15, 0.2) is 73.8 Å². The van der Waals surface area contributed by atoms with Crippen LogP contribution in [-0.2, 0) is 37.3 Å². The molecule has 0 amide bonds. The molecule has 2 aromatic rings. The fourth-order valence-electron chi connectivity index (χ4n) is 3.69. The number of rotatable bonds is 14. The molecule has 0 atom stereocenters. The molecular formula is C29H36O4. The van der Waals surface area contributed by atoms with Gasteiger partial charge in [0, 0.05) is 24.0 Å². The van der Waals surface area contributed by atoms with Crippen LogP contribution < -0.4 is 0 Å². The van der Waals surface area contributed by atoms with Crippen molar-refractivity contribution in [3.63, 3.8) is 0 Å². The van der Waals surface area contributed by atoms with Crippen LogP contribution in [-0.4, -0.2) is 25.2 Å². The van der Waals surface area contributed by atoms with Crippen molar-refractivity contribution >= 4 is 11.9 Å². The van der Waals surface area contributed by atoms with E-state index in [1.807, 2.05) is 0 Å². The summed E-state index contributed by atoms with van der Waals surface area (Å²) in [6.07, 6.45) is 8.33. The second-order valence-corrected chi connectivity index (χ2v) is 8.68. The summed E-state index contributed by atoms with van der Waals surface area (Å²) in [4.78, 5) is 22.2. The highest BCUT2D eigenvalue weighted by Crippen LogP contribution is 2.32. The maximum atomic E-state index is 11.2. The third kappa shape index (κ3) is 8.72. The lowest BCUT2D eigenvalue weighted by Crippen LogP contribution is -2.19. The van der Waals surface area contributed by atoms with Crippen LogP contribution in [0, 0.1) is 0 Å². The van der Waals surface area contributed by atoms with Gasteiger partial charge >= 0.3 is 11.9 Å². The van der Waals surface area contributed by atoms with Crippen molar-refractivity contribution in [3.8, 4) is 0 Å². The number of hydrogen-bond acceptors (Lipinski definition) is 4. The van der Waals surface area contributed by atoms with Crippen LogP contribution >= 0.6 is 0 Å². The summed E-state index contributed by atoms with van der Waals surface area (Å²) in [5.41, 5.74) is 4.91. The number of esters is 2. The Morgan fingerprint density at radius 1 is 0.697 bits per heavy atom. The standard InChI is InChI=1S/C29H36O4/c1-5-27(30)32-21-10-8-7-9-11-23-12-16-25(17-13-23)29(3,4)26-18-14-24(15-19-26)20-22-33-28(31)6-2/h5-6,12-19H,1-2,7-11,20-22H2,3-4H3. The molecule has 0 N–H and O–H groups in total. The van der Waals surface area contributed by atoms with Crippen molar-refractivity contribution in [2.24, 2.45) is 0 Å². The van der Waals surface area contributed by atoms with Gasteiger partial charge in [0.2, 0.25) is 0 Å². The molecule has 0 fully saturated rings. The van der Waals surface area contributed by atoms with Crippen molar-refractivity contribution < 1.29 is 19.1 Å². The van der Waals surface area contributed by atoms with E-state index in [9.17, 15) is 9.59 Å². The van der Waals surface area contributed by atoms with Gasteiger partial charge in [-0.3, -0.25) is 0 Å². The highest BCUT2D eigenvalue weighted by molar-refractivity contribution is 5.81. The van der Waals surface area contributed by atoms with Gasteiger partial charge in [-0.25, -0.2) is 9.59 Å². The topological polar surface area (TPSA) is 52.6 Å². The summed E-state index contributed by atoms with van der Waals surface area (Å²) in [6, 6.07) is 17.4. The third-order valence-corrected chi connectivity index (χ3v) is 5.92. The van der Waals surface area contributed by atoms with Crippen molar-refractivity contribution in [1.82, 2.24) is 0 Å². The van der Waals surface area contributed by atoms with Gasteiger partial charge in [-0.1, -0.05) is 88.4 Å². The molecule has 4 nitrogen and oxygen atoms in total. The molecule has 0 aromatic heterocycles. The Morgan fingerprint density at radius 3 is 1.67 bits per heavy atom. The summed E-state index contributed by atoms with van der Waals surface area (Å²) in [5.74, 6) is -0.733. The Labute approximate surface area is 198 Å². The molecule has 4 heteroatoms. The molecule has 2 rings (SSSR count). The van der Waals surface area contributed by atoms with E-state index in [2.05, 4.69) is 75.5 Å². The van der Waals surface area contributed by atoms with Crippen LogP contribution in [0.1, 0.15) is 61.8 Å². The molecule has 0 heterocycles. The largest absolute Gasteiger partial charge is 0.463 e. The number of ether oxygens (including phenoxy) is 2. The first-order valence-electron chi connectivity index (χ1n) is 11.6. The molecule has 0 spiro atoms. The van der Waals surface area contributed by atoms with Gasteiger partial charge in [0.05, 0.1) is 13.2 Å². The SMILES string of the molecule is C=CC(=O)OCCCCCCc1ccc(C(C)(C)c2ccc(CCOC(=O)C=C)cc2)cc1. The molecule has 0 saturated heterocycles. The van der Waals surface area contributed by atoms with E-state index in [0.29, 0.717) is 19.6 Å². The second-order valence-electron chi connectivity index (χ2n) is 8.68. The van der Waals surface area contributed by atoms with Crippen molar-refractivity contribution in [2.75, 3.05) is 13.2 Å². The Kier molecular flexibility index (Phi) is 10.6. The van der Waals surface area contributed by atoms with Gasteiger partial charge in [-0.15, -0.1) is 0 Å². The zero-order chi connectivity index (χ0) is 24.1. The van der Waals surface area contributed by atoms with Crippen molar-refractivity contribution in [3.05, 3.63) is 96.1 Å². The summed E-state index contributed by atoms with van der Waals surface area (Å²) < 4.78 is 10.1. The summed E-state index contributed by atoms with van der Waals surface area (Å²) in [5, 5.41) is 0. The number of carbonyl (C=O) groups excluding carboxylic acids is 2. The van der Waals surface area contributed by atoms with E-state index < -0.39 is 0 Å². The predicted molar refractivity (Wildman–Crippen MR) is 133 cm³/mol. The smallest absolute Gasteiger partial charge is 0.330 e. The van der Waals surface area contributed by atoms with E-state index in [-0.39, 0.29) is 17.4 Å². The monoisotopic (exact) mass is 448 g/mol. The quantitative estimate of drug-likeness (QED) is 0.199. The fourth-order valence-corrected chi connectivity index (χ4v) is 3.69. The van der Waals surface area contributed by atoms with Gasteiger partial charge in [0.15, 0.2) is 0 Å². The van der Waals surface area contributed by atoms with E-state index in [0.717, 1.165) is 37.7 Å². The lowest BCUT2D eigenvalue weighted by Gasteiger charge is -2.26. The van der Waals surface area contributed by atoms with Crippen LogP contribution in [0.5, 0.6) is 0 Å². The molecule has 176 valence electrons. The highest BCUT2D eigenvalue weighted by Gasteiger charge is 2.22. The molecule has 33 heavy (non-hydrogen) atoms. The van der Waals surface area contributed by atoms with E-state index in [1.54, 1.807) is 0 Å². The van der Waals surface area contributed by atoms with E-state index in [4.69, 9.17) is 9.47 Å². The van der Waals surface area contributed by atoms with Crippen LogP contribution in [0.4, 0.5) is 0 Å². The summed E-state index contributed by atoms with van der Waals surface area (Å²) in [7, 11) is 0. The maximum Gasteiger partial charge on any atom is 0.330 e. The van der Waals surface area contributed by atoms with Crippen molar-refractivity contribution in [1.29, 1.82) is 0 Å². The summed E-state index contributed by atoms with van der Waals surface area (Å²) >= 11 is 0. The number of aryl methyl sites for hydroxylation is 1. The average molecular weight is 449 g/mol. The first-order chi connectivity index (χ1) is 15.9. The molecule has 0 saturated carbocycles. The van der Waals surface area contributed by atoms with Gasteiger partial charge in [0.1, 0.15) is 0 Å². The molecule has 0 aliphatic carbocycles. The van der Waals surface area contributed by atoms with E-state index >= 15 is 0 Å². The van der Waals surface area contributed by atoms with E-state index in [1.165, 1.54) is 28.8 Å². The summed E-state index contributed by atoms with van der Waals surface area (Å²) in [6.45, 7) is 12.1. The Bertz CT molecular complexity index is 908. The lowest BCUT2D eigenvalue weighted by molar-refractivity contribution is -0.138. The molecule has 0 aliphatic rings. The average Bonchev–Trinajstić information content (AvgIpc) is 2.83. The van der Waals surface area contributed by atoms with Crippen molar-refractivity contribution in [2.45, 2.75) is 57.8 Å². The fraction of sp³-hybridized carbons (Fsp3) is 0.379. The van der Waals surface area contributed by atoms with Crippen LogP contribution in [0.2, 0.25) is 0 Å². The number of unbranched alkanes of at least 4 members (excludes halogenated alkanes) is 3. The Morgan fingerprint density at radius 2 is 1.15 bits per heavy atom. The van der Waals surface area contributed by atoms with Gasteiger partial charge in [0.25, 0.3) is 0 Å². The highest BCUT2D eigenvalue weighted by atomic mass is 16.5. The second kappa shape index (κ2) is 13.4. The zero-order valence-electron chi connectivity index (χ0n) is 20.0. The van der Waals surface area contributed by atoms with Gasteiger partial charge < -0.3 is 9.47 Å².